The van der Waals surface area contributed by atoms with Gasteiger partial charge >= 0.3 is 5.97 Å². The number of aromatic carboxylic acids is 1. The maximum Gasteiger partial charge on any atom is 0.336 e. The maximum atomic E-state index is 13.3. The van der Waals surface area contributed by atoms with Gasteiger partial charge in [-0.3, -0.25) is 14.9 Å². The fourth-order valence-electron chi connectivity index (χ4n) is 3.36. The first-order valence-electron chi connectivity index (χ1n) is 8.01. The number of nitrogens with zero attached hydrogens (tertiary/aromatic N) is 2. The number of nitro groups is 1. The molecule has 1 aromatic heterocycles. The first-order valence-corrected chi connectivity index (χ1v) is 8.01. The summed E-state index contributed by atoms with van der Waals surface area (Å²) in [6.45, 7) is 4.30. The van der Waals surface area contributed by atoms with Crippen LogP contribution in [-0.4, -0.2) is 26.3 Å². The van der Waals surface area contributed by atoms with E-state index in [-0.39, 0.29) is 5.56 Å². The van der Waals surface area contributed by atoms with E-state index in [1.807, 2.05) is 23.6 Å². The van der Waals surface area contributed by atoms with E-state index < -0.39 is 27.9 Å². The van der Waals surface area contributed by atoms with Crippen LogP contribution < -0.4 is 0 Å². The van der Waals surface area contributed by atoms with E-state index in [2.05, 4.69) is 0 Å². The number of hydrogen-bond acceptors (Lipinski definition) is 4. The molecule has 3 rings (SSSR count). The highest BCUT2D eigenvalue weighted by Crippen LogP contribution is 2.32. The zero-order chi connectivity index (χ0) is 19.0. The maximum absolute atomic E-state index is 13.3. The molecule has 0 aliphatic rings. The average molecular weight is 352 g/mol. The molecule has 0 spiro atoms. The van der Waals surface area contributed by atoms with Gasteiger partial charge in [0.2, 0.25) is 5.78 Å². The smallest absolute Gasteiger partial charge is 0.336 e. The van der Waals surface area contributed by atoms with Gasteiger partial charge in [0.1, 0.15) is 5.56 Å². The summed E-state index contributed by atoms with van der Waals surface area (Å²) < 4.78 is 1.93. The van der Waals surface area contributed by atoms with Crippen LogP contribution in [0.1, 0.15) is 38.9 Å². The SMILES string of the molecule is CCn1c(C)c(C(=O)c2c(C(=O)O)cccc2[N+](=O)[O-])c2ccccc21. The third-order valence-corrected chi connectivity index (χ3v) is 4.47. The molecule has 0 saturated carbocycles. The van der Waals surface area contributed by atoms with Crippen molar-refractivity contribution in [3.05, 3.63) is 75.0 Å². The van der Waals surface area contributed by atoms with Crippen LogP contribution in [0.15, 0.2) is 42.5 Å². The van der Waals surface area contributed by atoms with Crippen molar-refractivity contribution < 1.29 is 19.6 Å². The highest BCUT2D eigenvalue weighted by Gasteiger charge is 2.31. The molecule has 132 valence electrons. The number of para-hydroxylation sites is 1. The molecule has 0 aliphatic carbocycles. The molecule has 0 amide bonds. The van der Waals surface area contributed by atoms with Crippen molar-refractivity contribution in [1.29, 1.82) is 0 Å². The lowest BCUT2D eigenvalue weighted by atomic mass is 9.95. The molecule has 7 heteroatoms. The van der Waals surface area contributed by atoms with Gasteiger partial charge in [-0.2, -0.15) is 0 Å². The van der Waals surface area contributed by atoms with E-state index in [1.54, 1.807) is 19.1 Å². The van der Waals surface area contributed by atoms with Crippen LogP contribution in [0.5, 0.6) is 0 Å². The van der Waals surface area contributed by atoms with Crippen molar-refractivity contribution in [2.24, 2.45) is 0 Å². The number of nitro benzene ring substituents is 1. The molecule has 0 radical (unpaired) electrons. The zero-order valence-electron chi connectivity index (χ0n) is 14.2. The standard InChI is InChI=1S/C19H16N2O5/c1-3-20-11(2)16(12-7-4-5-9-14(12)20)18(22)17-13(19(23)24)8-6-10-15(17)21(25)26/h4-10H,3H2,1-2H3,(H,23,24). The Morgan fingerprint density at radius 1 is 1.12 bits per heavy atom. The number of rotatable bonds is 5. The second kappa shape index (κ2) is 6.44. The van der Waals surface area contributed by atoms with Crippen LogP contribution >= 0.6 is 0 Å². The normalized spacial score (nSPS) is 10.8. The summed E-state index contributed by atoms with van der Waals surface area (Å²) in [5.74, 6) is -2.04. The number of aromatic nitrogens is 1. The van der Waals surface area contributed by atoms with Crippen LogP contribution in [0.25, 0.3) is 10.9 Å². The number of benzene rings is 2. The van der Waals surface area contributed by atoms with E-state index >= 15 is 0 Å². The molecule has 0 fully saturated rings. The molecular formula is C19H16N2O5. The Balaban J connectivity index is 2.37. The summed E-state index contributed by atoms with van der Waals surface area (Å²) in [7, 11) is 0. The Bertz CT molecular complexity index is 1030. The molecular weight excluding hydrogens is 336 g/mol. The van der Waals surface area contributed by atoms with Gasteiger partial charge in [-0.25, -0.2) is 4.79 Å². The third-order valence-electron chi connectivity index (χ3n) is 4.47. The molecule has 26 heavy (non-hydrogen) atoms. The van der Waals surface area contributed by atoms with Crippen molar-refractivity contribution in [3.8, 4) is 0 Å². The fraction of sp³-hybridized carbons (Fsp3) is 0.158. The molecule has 1 N–H and O–H groups in total. The highest BCUT2D eigenvalue weighted by atomic mass is 16.6. The van der Waals surface area contributed by atoms with E-state index in [0.29, 0.717) is 23.2 Å². The van der Waals surface area contributed by atoms with E-state index in [9.17, 15) is 24.8 Å². The van der Waals surface area contributed by atoms with Crippen LogP contribution in [-0.2, 0) is 6.54 Å². The lowest BCUT2D eigenvalue weighted by Gasteiger charge is -2.08. The largest absolute Gasteiger partial charge is 0.478 e. The number of carbonyl (C=O) groups is 2. The Morgan fingerprint density at radius 3 is 2.42 bits per heavy atom. The van der Waals surface area contributed by atoms with Gasteiger partial charge in [0.15, 0.2) is 0 Å². The topological polar surface area (TPSA) is 102 Å². The first-order chi connectivity index (χ1) is 12.4. The van der Waals surface area contributed by atoms with E-state index in [4.69, 9.17) is 0 Å². The summed E-state index contributed by atoms with van der Waals surface area (Å²) in [5, 5.41) is 21.5. The van der Waals surface area contributed by atoms with Gasteiger partial charge in [-0.1, -0.05) is 24.3 Å². The van der Waals surface area contributed by atoms with Crippen molar-refractivity contribution >= 4 is 28.3 Å². The van der Waals surface area contributed by atoms with Crippen LogP contribution in [0.4, 0.5) is 5.69 Å². The molecule has 0 unspecified atom stereocenters. The molecule has 0 bridgehead atoms. The van der Waals surface area contributed by atoms with Crippen molar-refractivity contribution in [3.63, 3.8) is 0 Å². The Labute approximate surface area is 148 Å². The lowest BCUT2D eigenvalue weighted by molar-refractivity contribution is -0.385. The van der Waals surface area contributed by atoms with Gasteiger partial charge < -0.3 is 9.67 Å². The molecule has 7 nitrogen and oxygen atoms in total. The summed E-state index contributed by atoms with van der Waals surface area (Å²) in [5.41, 5.74) is 0.477. The predicted octanol–water partition coefficient (Wildman–Crippen LogP) is 3.81. The number of carboxylic acid groups (broad SMARTS) is 1. The minimum Gasteiger partial charge on any atom is -0.478 e. The quantitative estimate of drug-likeness (QED) is 0.427. The van der Waals surface area contributed by atoms with E-state index in [0.717, 1.165) is 11.6 Å². The summed E-state index contributed by atoms with van der Waals surface area (Å²) in [6.07, 6.45) is 0. The van der Waals surface area contributed by atoms with Crippen molar-refractivity contribution in [1.82, 2.24) is 4.57 Å². The van der Waals surface area contributed by atoms with Crippen LogP contribution in [0.3, 0.4) is 0 Å². The third kappa shape index (κ3) is 2.54. The Hall–Kier alpha value is -3.48. The molecule has 2 aromatic carbocycles. The molecule has 0 saturated heterocycles. The van der Waals surface area contributed by atoms with Crippen molar-refractivity contribution in [2.75, 3.05) is 0 Å². The minimum atomic E-state index is -1.38. The second-order valence-electron chi connectivity index (χ2n) is 5.81. The van der Waals surface area contributed by atoms with Gasteiger partial charge in [-0.05, 0) is 26.0 Å². The monoisotopic (exact) mass is 352 g/mol. The number of carbonyl (C=O) groups excluding carboxylic acids is 1. The number of carboxylic acids is 1. The number of aryl methyl sites for hydroxylation is 1. The highest BCUT2D eigenvalue weighted by molar-refractivity contribution is 6.22. The summed E-state index contributed by atoms with van der Waals surface area (Å²) in [4.78, 5) is 35.5. The number of hydrogen-bond donors (Lipinski definition) is 1. The van der Waals surface area contributed by atoms with Crippen LogP contribution in [0.2, 0.25) is 0 Å². The van der Waals surface area contributed by atoms with Gasteiger partial charge in [-0.15, -0.1) is 0 Å². The minimum absolute atomic E-state index is 0.291. The van der Waals surface area contributed by atoms with Gasteiger partial charge in [0, 0.05) is 29.2 Å². The van der Waals surface area contributed by atoms with Crippen LogP contribution in [0, 0.1) is 17.0 Å². The van der Waals surface area contributed by atoms with E-state index in [1.165, 1.54) is 12.1 Å². The Kier molecular flexibility index (Phi) is 4.29. The van der Waals surface area contributed by atoms with Gasteiger partial charge in [0.05, 0.1) is 16.1 Å². The average Bonchev–Trinajstić information content (AvgIpc) is 2.91. The first kappa shape index (κ1) is 17.3. The summed E-state index contributed by atoms with van der Waals surface area (Å²) >= 11 is 0. The number of fused-ring (bicyclic) bond motifs is 1. The van der Waals surface area contributed by atoms with Crippen molar-refractivity contribution in [2.45, 2.75) is 20.4 Å². The molecule has 0 atom stereocenters. The Morgan fingerprint density at radius 2 is 1.81 bits per heavy atom. The number of ketones is 1. The van der Waals surface area contributed by atoms with Gasteiger partial charge in [0.25, 0.3) is 5.69 Å². The lowest BCUT2D eigenvalue weighted by Crippen LogP contribution is -2.13. The zero-order valence-corrected chi connectivity index (χ0v) is 14.2. The molecule has 3 aromatic rings. The molecule has 1 heterocycles. The fourth-order valence-corrected chi connectivity index (χ4v) is 3.36. The second-order valence-corrected chi connectivity index (χ2v) is 5.81. The predicted molar refractivity (Wildman–Crippen MR) is 95.8 cm³/mol. The summed E-state index contributed by atoms with van der Waals surface area (Å²) in [6, 6.07) is 10.9. The molecule has 0 aliphatic heterocycles.